The Hall–Kier alpha value is -2.93. The van der Waals surface area contributed by atoms with Crippen LogP contribution in [-0.4, -0.2) is 19.9 Å². The Morgan fingerprint density at radius 3 is 2.88 bits per heavy atom. The first-order chi connectivity index (χ1) is 11.9. The number of nitrogens with zero attached hydrogens (tertiary/aromatic N) is 4. The van der Waals surface area contributed by atoms with Crippen molar-refractivity contribution in [2.45, 2.75) is 13.1 Å². The number of hydrogen-bond donors (Lipinski definition) is 1. The van der Waals surface area contributed by atoms with Crippen LogP contribution in [-0.2, 0) is 13.1 Å². The Labute approximate surface area is 142 Å². The van der Waals surface area contributed by atoms with Crippen molar-refractivity contribution in [2.75, 3.05) is 5.32 Å². The lowest BCUT2D eigenvalue weighted by molar-refractivity contribution is 0.384. The fraction of sp³-hybridized carbons (Fsp3) is 0.118. The summed E-state index contributed by atoms with van der Waals surface area (Å²) in [5.41, 5.74) is 2.19. The Morgan fingerprint density at radius 1 is 1.12 bits per heavy atom. The normalized spacial score (nSPS) is 10.8. The lowest BCUT2D eigenvalue weighted by Gasteiger charge is -2.01. The molecule has 0 aliphatic heterocycles. The van der Waals surface area contributed by atoms with Crippen LogP contribution in [0.5, 0.6) is 0 Å². The molecule has 3 heterocycles. The number of nitrogens with one attached hydrogen (secondary N) is 1. The van der Waals surface area contributed by atoms with E-state index >= 15 is 0 Å². The molecule has 1 aromatic carbocycles. The van der Waals surface area contributed by atoms with Crippen molar-refractivity contribution >= 4 is 17.2 Å². The molecule has 7 heteroatoms. The van der Waals surface area contributed by atoms with Gasteiger partial charge in [0.05, 0.1) is 13.1 Å². The van der Waals surface area contributed by atoms with Crippen LogP contribution in [0.2, 0.25) is 0 Å². The van der Waals surface area contributed by atoms with Crippen LogP contribution >= 0.6 is 11.3 Å². The van der Waals surface area contributed by atoms with Gasteiger partial charge in [-0.15, -0.1) is 0 Å². The van der Waals surface area contributed by atoms with Crippen LogP contribution in [0.4, 0.5) is 5.82 Å². The Balaban J connectivity index is 1.36. The predicted molar refractivity (Wildman–Crippen MR) is 92.7 cm³/mol. The van der Waals surface area contributed by atoms with E-state index in [1.54, 1.807) is 11.3 Å². The van der Waals surface area contributed by atoms with Crippen molar-refractivity contribution in [3.05, 3.63) is 70.9 Å². The van der Waals surface area contributed by atoms with Gasteiger partial charge in [0, 0.05) is 23.2 Å². The van der Waals surface area contributed by atoms with E-state index in [-0.39, 0.29) is 0 Å². The minimum Gasteiger partial charge on any atom is -0.360 e. The van der Waals surface area contributed by atoms with Crippen LogP contribution in [0.15, 0.2) is 63.9 Å². The highest BCUT2D eigenvalue weighted by Crippen LogP contribution is 2.19. The van der Waals surface area contributed by atoms with Gasteiger partial charge < -0.3 is 9.84 Å². The van der Waals surface area contributed by atoms with E-state index in [0.717, 1.165) is 17.9 Å². The summed E-state index contributed by atoms with van der Waals surface area (Å²) in [6.45, 7) is 1.19. The first kappa shape index (κ1) is 14.6. The van der Waals surface area contributed by atoms with Crippen LogP contribution in [0.1, 0.15) is 11.5 Å². The maximum atomic E-state index is 5.26. The standard InChI is InChI=1S/C17H15N5OS/c1-2-4-13(5-3-1)11-22-8-6-15(20-22)18-10-16-19-17(21-23-16)14-7-9-24-12-14/h1-9,12H,10-11H2,(H,18,20). The number of rotatable bonds is 6. The third-order valence-corrected chi connectivity index (χ3v) is 4.18. The van der Waals surface area contributed by atoms with E-state index in [1.165, 1.54) is 5.56 Å². The van der Waals surface area contributed by atoms with E-state index in [1.807, 2.05) is 52.0 Å². The molecule has 120 valence electrons. The molecule has 0 radical (unpaired) electrons. The second-order valence-electron chi connectivity index (χ2n) is 5.26. The Kier molecular flexibility index (Phi) is 4.07. The number of thiophene rings is 1. The molecule has 4 aromatic rings. The third-order valence-electron chi connectivity index (χ3n) is 3.50. The van der Waals surface area contributed by atoms with E-state index in [0.29, 0.717) is 18.3 Å². The molecule has 0 atom stereocenters. The van der Waals surface area contributed by atoms with Crippen LogP contribution in [0.3, 0.4) is 0 Å². The van der Waals surface area contributed by atoms with Crippen molar-refractivity contribution in [3.63, 3.8) is 0 Å². The van der Waals surface area contributed by atoms with E-state index in [2.05, 4.69) is 32.7 Å². The summed E-state index contributed by atoms with van der Waals surface area (Å²) in [4.78, 5) is 4.37. The van der Waals surface area contributed by atoms with E-state index in [4.69, 9.17) is 4.52 Å². The van der Waals surface area contributed by atoms with Gasteiger partial charge in [0.1, 0.15) is 5.82 Å². The summed E-state index contributed by atoms with van der Waals surface area (Å²) >= 11 is 1.61. The van der Waals surface area contributed by atoms with Crippen LogP contribution < -0.4 is 5.32 Å². The van der Waals surface area contributed by atoms with Gasteiger partial charge in [0.2, 0.25) is 11.7 Å². The van der Waals surface area contributed by atoms with Gasteiger partial charge in [-0.2, -0.15) is 21.4 Å². The van der Waals surface area contributed by atoms with Gasteiger partial charge in [0.15, 0.2) is 0 Å². The summed E-state index contributed by atoms with van der Waals surface area (Å²) in [7, 11) is 0. The monoisotopic (exact) mass is 337 g/mol. The van der Waals surface area contributed by atoms with Gasteiger partial charge in [-0.1, -0.05) is 35.5 Å². The second kappa shape index (κ2) is 6.67. The summed E-state index contributed by atoms with van der Waals surface area (Å²) in [5, 5.41) is 15.7. The van der Waals surface area contributed by atoms with Gasteiger partial charge in [0.25, 0.3) is 0 Å². The summed E-state index contributed by atoms with van der Waals surface area (Å²) in [6, 6.07) is 14.1. The highest BCUT2D eigenvalue weighted by Gasteiger charge is 2.09. The Bertz CT molecular complexity index is 898. The zero-order chi connectivity index (χ0) is 16.2. The molecule has 6 nitrogen and oxygen atoms in total. The molecule has 24 heavy (non-hydrogen) atoms. The van der Waals surface area contributed by atoms with Crippen molar-refractivity contribution in [3.8, 4) is 11.4 Å². The fourth-order valence-electron chi connectivity index (χ4n) is 2.32. The van der Waals surface area contributed by atoms with Crippen molar-refractivity contribution in [2.24, 2.45) is 0 Å². The SMILES string of the molecule is c1ccc(Cn2ccc(NCc3nc(-c4ccsc4)no3)n2)cc1. The number of aromatic nitrogens is 4. The zero-order valence-electron chi connectivity index (χ0n) is 12.8. The molecule has 0 bridgehead atoms. The molecular formula is C17H15N5OS. The first-order valence-electron chi connectivity index (χ1n) is 7.53. The van der Waals surface area contributed by atoms with E-state index in [9.17, 15) is 0 Å². The predicted octanol–water partition coefficient (Wildman–Crippen LogP) is 3.66. The minimum atomic E-state index is 0.444. The zero-order valence-corrected chi connectivity index (χ0v) is 13.6. The lowest BCUT2D eigenvalue weighted by Crippen LogP contribution is -2.03. The van der Waals surface area contributed by atoms with Gasteiger partial charge >= 0.3 is 0 Å². The molecule has 0 fully saturated rings. The fourth-order valence-corrected chi connectivity index (χ4v) is 2.95. The number of hydrogen-bond acceptors (Lipinski definition) is 6. The summed E-state index contributed by atoms with van der Waals surface area (Å²) in [6.07, 6.45) is 1.94. The van der Waals surface area contributed by atoms with Crippen LogP contribution in [0.25, 0.3) is 11.4 Å². The molecule has 4 rings (SSSR count). The molecule has 1 N–H and O–H groups in total. The topological polar surface area (TPSA) is 68.8 Å². The molecule has 0 aliphatic carbocycles. The van der Waals surface area contributed by atoms with Crippen molar-refractivity contribution in [1.29, 1.82) is 0 Å². The molecule has 0 aliphatic rings. The average Bonchev–Trinajstić information content (AvgIpc) is 3.35. The molecule has 0 amide bonds. The molecular weight excluding hydrogens is 322 g/mol. The molecule has 0 saturated carbocycles. The van der Waals surface area contributed by atoms with Gasteiger partial charge in [-0.3, -0.25) is 4.68 Å². The molecule has 3 aromatic heterocycles. The average molecular weight is 337 g/mol. The maximum Gasteiger partial charge on any atom is 0.246 e. The minimum absolute atomic E-state index is 0.444. The van der Waals surface area contributed by atoms with Gasteiger partial charge in [-0.25, -0.2) is 0 Å². The summed E-state index contributed by atoms with van der Waals surface area (Å²) in [5.74, 6) is 1.93. The highest BCUT2D eigenvalue weighted by molar-refractivity contribution is 7.08. The number of benzene rings is 1. The van der Waals surface area contributed by atoms with Gasteiger partial charge in [-0.05, 0) is 17.0 Å². The summed E-state index contributed by atoms with van der Waals surface area (Å²) < 4.78 is 7.15. The first-order valence-corrected chi connectivity index (χ1v) is 8.47. The molecule has 0 unspecified atom stereocenters. The van der Waals surface area contributed by atoms with E-state index < -0.39 is 0 Å². The van der Waals surface area contributed by atoms with Crippen LogP contribution in [0, 0.1) is 0 Å². The third kappa shape index (κ3) is 3.36. The van der Waals surface area contributed by atoms with Crippen molar-refractivity contribution in [1.82, 2.24) is 19.9 Å². The lowest BCUT2D eigenvalue weighted by atomic mass is 10.2. The second-order valence-corrected chi connectivity index (χ2v) is 6.04. The quantitative estimate of drug-likeness (QED) is 0.581. The maximum absolute atomic E-state index is 5.26. The molecule has 0 saturated heterocycles. The number of anilines is 1. The Morgan fingerprint density at radius 2 is 2.04 bits per heavy atom. The largest absolute Gasteiger partial charge is 0.360 e. The highest BCUT2D eigenvalue weighted by atomic mass is 32.1. The molecule has 0 spiro atoms. The smallest absolute Gasteiger partial charge is 0.246 e. The van der Waals surface area contributed by atoms with Crippen molar-refractivity contribution < 1.29 is 4.52 Å².